The Labute approximate surface area is 211 Å². The highest BCUT2D eigenvalue weighted by Gasteiger charge is 2.36. The van der Waals surface area contributed by atoms with Gasteiger partial charge in [-0.25, -0.2) is 9.69 Å². The van der Waals surface area contributed by atoms with Crippen molar-refractivity contribution in [2.75, 3.05) is 23.9 Å². The molecule has 0 atom stereocenters. The van der Waals surface area contributed by atoms with Gasteiger partial charge >= 0.3 is 6.03 Å². The molecular formula is C26H20ClN3O6. The molecule has 0 unspecified atom stereocenters. The Hall–Kier alpha value is -4.63. The SMILES string of the molecule is COc1ccccc1NC(=O)COc1ccc(/C=C2\C(=O)NC(=O)N(c3cccc(Cl)c3)C2=O)cc1. The second-order valence-electron chi connectivity index (χ2n) is 7.54. The van der Waals surface area contributed by atoms with Crippen molar-refractivity contribution in [3.05, 3.63) is 89.0 Å². The lowest BCUT2D eigenvalue weighted by Gasteiger charge is -2.26. The van der Waals surface area contributed by atoms with Gasteiger partial charge in [0, 0.05) is 5.02 Å². The lowest BCUT2D eigenvalue weighted by atomic mass is 10.1. The van der Waals surface area contributed by atoms with Gasteiger partial charge in [-0.3, -0.25) is 19.7 Å². The normalized spacial score (nSPS) is 14.4. The number of barbiturate groups is 1. The largest absolute Gasteiger partial charge is 0.495 e. The van der Waals surface area contributed by atoms with Gasteiger partial charge in [-0.1, -0.05) is 41.9 Å². The van der Waals surface area contributed by atoms with Crippen molar-refractivity contribution >= 4 is 52.8 Å². The summed E-state index contributed by atoms with van der Waals surface area (Å²) in [5, 5.41) is 5.20. The van der Waals surface area contributed by atoms with E-state index in [-0.39, 0.29) is 23.8 Å². The molecule has 0 saturated carbocycles. The molecule has 0 spiro atoms. The molecule has 0 bridgehead atoms. The maximum Gasteiger partial charge on any atom is 0.335 e. The lowest BCUT2D eigenvalue weighted by Crippen LogP contribution is -2.54. The van der Waals surface area contributed by atoms with Gasteiger partial charge in [0.15, 0.2) is 6.61 Å². The predicted molar refractivity (Wildman–Crippen MR) is 134 cm³/mol. The van der Waals surface area contributed by atoms with Crippen LogP contribution in [0.3, 0.4) is 0 Å². The molecule has 1 heterocycles. The molecule has 10 heteroatoms. The first-order valence-electron chi connectivity index (χ1n) is 10.7. The molecule has 0 aliphatic carbocycles. The zero-order valence-electron chi connectivity index (χ0n) is 19.0. The highest BCUT2D eigenvalue weighted by atomic mass is 35.5. The summed E-state index contributed by atoms with van der Waals surface area (Å²) in [6, 6.07) is 18.7. The van der Waals surface area contributed by atoms with E-state index in [1.54, 1.807) is 60.7 Å². The van der Waals surface area contributed by atoms with Crippen LogP contribution in [0.1, 0.15) is 5.56 Å². The number of hydrogen-bond donors (Lipinski definition) is 2. The van der Waals surface area contributed by atoms with Crippen LogP contribution < -0.4 is 25.0 Å². The molecule has 0 aromatic heterocycles. The van der Waals surface area contributed by atoms with Crippen LogP contribution in [0, 0.1) is 0 Å². The number of hydrogen-bond acceptors (Lipinski definition) is 6. The van der Waals surface area contributed by atoms with Gasteiger partial charge in [0.05, 0.1) is 18.5 Å². The third-order valence-electron chi connectivity index (χ3n) is 5.11. The van der Waals surface area contributed by atoms with Crippen molar-refractivity contribution in [1.82, 2.24) is 5.32 Å². The number of methoxy groups -OCH3 is 1. The molecule has 3 aromatic carbocycles. The van der Waals surface area contributed by atoms with E-state index in [0.29, 0.717) is 27.8 Å². The van der Waals surface area contributed by atoms with Crippen LogP contribution in [0.5, 0.6) is 11.5 Å². The van der Waals surface area contributed by atoms with Crippen molar-refractivity contribution < 1.29 is 28.7 Å². The number of rotatable bonds is 7. The number of amides is 5. The van der Waals surface area contributed by atoms with E-state index < -0.39 is 17.8 Å². The lowest BCUT2D eigenvalue weighted by molar-refractivity contribution is -0.122. The smallest absolute Gasteiger partial charge is 0.335 e. The predicted octanol–water partition coefficient (Wildman–Crippen LogP) is 4.03. The first-order chi connectivity index (χ1) is 17.4. The van der Waals surface area contributed by atoms with Gasteiger partial charge in [-0.15, -0.1) is 0 Å². The number of para-hydroxylation sites is 2. The highest BCUT2D eigenvalue weighted by Crippen LogP contribution is 2.25. The number of halogens is 1. The second kappa shape index (κ2) is 10.7. The Kier molecular flexibility index (Phi) is 7.31. The maximum atomic E-state index is 13.0. The number of urea groups is 1. The standard InChI is InChI=1S/C26H20ClN3O6/c1-35-22-8-3-2-7-21(22)28-23(31)15-36-19-11-9-16(10-12-19)13-20-24(32)29-26(34)30(25(20)33)18-6-4-5-17(27)14-18/h2-14H,15H2,1H3,(H,28,31)(H,29,32,34)/b20-13+. The van der Waals surface area contributed by atoms with Crippen LogP contribution in [-0.2, 0) is 14.4 Å². The van der Waals surface area contributed by atoms with E-state index in [1.165, 1.54) is 25.3 Å². The van der Waals surface area contributed by atoms with Crippen LogP contribution >= 0.6 is 11.6 Å². The minimum atomic E-state index is -0.862. The van der Waals surface area contributed by atoms with Gasteiger partial charge in [-0.05, 0) is 54.1 Å². The Balaban J connectivity index is 1.43. The number of benzene rings is 3. The van der Waals surface area contributed by atoms with Gasteiger partial charge in [0.2, 0.25) is 0 Å². The molecule has 2 N–H and O–H groups in total. The van der Waals surface area contributed by atoms with E-state index in [0.717, 1.165) is 4.90 Å². The number of carbonyl (C=O) groups excluding carboxylic acids is 4. The third kappa shape index (κ3) is 5.53. The van der Waals surface area contributed by atoms with Crippen molar-refractivity contribution in [3.63, 3.8) is 0 Å². The van der Waals surface area contributed by atoms with E-state index in [2.05, 4.69) is 10.6 Å². The topological polar surface area (TPSA) is 114 Å². The summed E-state index contributed by atoms with van der Waals surface area (Å²) >= 11 is 5.97. The number of nitrogens with one attached hydrogen (secondary N) is 2. The van der Waals surface area contributed by atoms with Crippen LogP contribution in [-0.4, -0.2) is 37.5 Å². The first-order valence-corrected chi connectivity index (χ1v) is 11.1. The molecular weight excluding hydrogens is 486 g/mol. The first kappa shape index (κ1) is 24.5. The third-order valence-corrected chi connectivity index (χ3v) is 5.35. The molecule has 1 aliphatic rings. The minimum Gasteiger partial charge on any atom is -0.495 e. The molecule has 1 saturated heterocycles. The van der Waals surface area contributed by atoms with E-state index >= 15 is 0 Å². The van der Waals surface area contributed by atoms with Crippen LogP contribution in [0.4, 0.5) is 16.2 Å². The summed E-state index contributed by atoms with van der Waals surface area (Å²) in [7, 11) is 1.51. The van der Waals surface area contributed by atoms with Gasteiger partial charge in [0.25, 0.3) is 17.7 Å². The van der Waals surface area contributed by atoms with Crippen LogP contribution in [0.25, 0.3) is 6.08 Å². The molecule has 9 nitrogen and oxygen atoms in total. The molecule has 4 rings (SSSR count). The Morgan fingerprint density at radius 3 is 2.50 bits per heavy atom. The Bertz CT molecular complexity index is 1370. The molecule has 0 radical (unpaired) electrons. The molecule has 36 heavy (non-hydrogen) atoms. The summed E-state index contributed by atoms with van der Waals surface area (Å²) in [4.78, 5) is 50.7. The van der Waals surface area contributed by atoms with Crippen molar-refractivity contribution in [2.24, 2.45) is 0 Å². The molecule has 3 aromatic rings. The van der Waals surface area contributed by atoms with Gasteiger partial charge < -0.3 is 14.8 Å². The zero-order valence-corrected chi connectivity index (χ0v) is 19.7. The molecule has 5 amide bonds. The van der Waals surface area contributed by atoms with E-state index in [4.69, 9.17) is 21.1 Å². The average molecular weight is 506 g/mol. The summed E-state index contributed by atoms with van der Waals surface area (Å²) < 4.78 is 10.7. The summed E-state index contributed by atoms with van der Waals surface area (Å²) in [6.07, 6.45) is 1.36. The fraction of sp³-hybridized carbons (Fsp3) is 0.0769. The van der Waals surface area contributed by atoms with Crippen molar-refractivity contribution in [1.29, 1.82) is 0 Å². The fourth-order valence-electron chi connectivity index (χ4n) is 3.42. The summed E-state index contributed by atoms with van der Waals surface area (Å²) in [5.74, 6) is -1.03. The minimum absolute atomic E-state index is 0.223. The number of imide groups is 2. The summed E-state index contributed by atoms with van der Waals surface area (Å²) in [5.41, 5.74) is 1.05. The van der Waals surface area contributed by atoms with E-state index in [9.17, 15) is 19.2 Å². The quantitative estimate of drug-likeness (QED) is 0.370. The maximum absolute atomic E-state index is 13.0. The van der Waals surface area contributed by atoms with E-state index in [1.807, 2.05) is 0 Å². The van der Waals surface area contributed by atoms with Gasteiger partial charge in [-0.2, -0.15) is 0 Å². The van der Waals surface area contributed by atoms with Crippen LogP contribution in [0.2, 0.25) is 5.02 Å². The Morgan fingerprint density at radius 2 is 1.78 bits per heavy atom. The number of ether oxygens (including phenoxy) is 2. The summed E-state index contributed by atoms with van der Waals surface area (Å²) in [6.45, 7) is -0.240. The number of carbonyl (C=O) groups is 4. The average Bonchev–Trinajstić information content (AvgIpc) is 2.86. The highest BCUT2D eigenvalue weighted by molar-refractivity contribution is 6.39. The fourth-order valence-corrected chi connectivity index (χ4v) is 3.60. The van der Waals surface area contributed by atoms with Gasteiger partial charge in [0.1, 0.15) is 17.1 Å². The molecule has 1 aliphatic heterocycles. The molecule has 182 valence electrons. The Morgan fingerprint density at radius 1 is 1.03 bits per heavy atom. The second-order valence-corrected chi connectivity index (χ2v) is 7.98. The van der Waals surface area contributed by atoms with Crippen molar-refractivity contribution in [2.45, 2.75) is 0 Å². The number of anilines is 2. The molecule has 1 fully saturated rings. The van der Waals surface area contributed by atoms with Crippen molar-refractivity contribution in [3.8, 4) is 11.5 Å². The monoisotopic (exact) mass is 505 g/mol. The number of nitrogens with zero attached hydrogens (tertiary/aromatic N) is 1. The van der Waals surface area contributed by atoms with Crippen LogP contribution in [0.15, 0.2) is 78.4 Å². The zero-order chi connectivity index (χ0) is 25.7.